The normalized spacial score (nSPS) is 10.3. The molecule has 0 aliphatic heterocycles. The summed E-state index contributed by atoms with van der Waals surface area (Å²) in [5.41, 5.74) is 3.51. The fourth-order valence-electron chi connectivity index (χ4n) is 2.44. The molecular weight excluding hydrogens is 466 g/mol. The van der Waals surface area contributed by atoms with Gasteiger partial charge >= 0.3 is 0 Å². The van der Waals surface area contributed by atoms with Gasteiger partial charge in [-0.05, 0) is 64.8 Å². The number of benzene rings is 2. The van der Waals surface area contributed by atoms with Gasteiger partial charge < -0.3 is 19.5 Å². The Balaban J connectivity index is 1.89. The van der Waals surface area contributed by atoms with Gasteiger partial charge in [0.15, 0.2) is 11.5 Å². The Morgan fingerprint density at radius 3 is 2.58 bits per heavy atom. The number of hydrogen-bond donors (Lipinski definition) is 2. The molecule has 9 heteroatoms. The Bertz CT molecular complexity index is 984. The minimum Gasteiger partial charge on any atom is -0.494 e. The summed E-state index contributed by atoms with van der Waals surface area (Å²) in [5, 5.41) is 6.51. The lowest BCUT2D eigenvalue weighted by Gasteiger charge is -2.11. The van der Waals surface area contributed by atoms with Gasteiger partial charge in [-0.2, -0.15) is 5.10 Å². The molecule has 2 rings (SSSR count). The summed E-state index contributed by atoms with van der Waals surface area (Å²) >= 11 is 3.38. The van der Waals surface area contributed by atoms with Crippen LogP contribution in [0.4, 0.5) is 5.69 Å². The van der Waals surface area contributed by atoms with Gasteiger partial charge in [0.1, 0.15) is 18.8 Å². The topological polar surface area (TPSA) is 98.2 Å². The van der Waals surface area contributed by atoms with Gasteiger partial charge in [0.2, 0.25) is 11.8 Å². The molecule has 0 radical (unpaired) electrons. The summed E-state index contributed by atoms with van der Waals surface area (Å²) in [4.78, 5) is 24.0. The maximum atomic E-state index is 12.0. The van der Waals surface area contributed by atoms with Gasteiger partial charge in [0, 0.05) is 5.69 Å². The predicted molar refractivity (Wildman–Crippen MR) is 122 cm³/mol. The van der Waals surface area contributed by atoms with Gasteiger partial charge in [-0.15, -0.1) is 6.42 Å². The second-order valence-electron chi connectivity index (χ2n) is 6.00. The molecule has 2 aromatic carbocycles. The molecule has 0 aromatic heterocycles. The first-order valence-electron chi connectivity index (χ1n) is 9.25. The lowest BCUT2D eigenvalue weighted by atomic mass is 10.2. The second kappa shape index (κ2) is 12.2. The maximum absolute atomic E-state index is 12.0. The number of nitrogens with zero attached hydrogens (tertiary/aromatic N) is 1. The molecule has 2 aromatic rings. The number of carbonyl (C=O) groups is 2. The Morgan fingerprint density at radius 1 is 1.19 bits per heavy atom. The van der Waals surface area contributed by atoms with Gasteiger partial charge in [0.25, 0.3) is 0 Å². The van der Waals surface area contributed by atoms with Crippen molar-refractivity contribution < 1.29 is 23.8 Å². The number of halogens is 1. The van der Waals surface area contributed by atoms with Crippen LogP contribution in [0.3, 0.4) is 0 Å². The molecule has 0 atom stereocenters. The molecular formula is C22H22BrN3O5. The number of rotatable bonds is 10. The molecule has 2 N–H and O–H groups in total. The van der Waals surface area contributed by atoms with Crippen LogP contribution in [0, 0.1) is 12.3 Å². The monoisotopic (exact) mass is 487 g/mol. The van der Waals surface area contributed by atoms with E-state index in [9.17, 15) is 9.59 Å². The molecule has 0 bridgehead atoms. The number of methoxy groups -OCH3 is 1. The molecule has 0 heterocycles. The van der Waals surface area contributed by atoms with Crippen molar-refractivity contribution in [3.05, 3.63) is 46.4 Å². The third kappa shape index (κ3) is 7.68. The van der Waals surface area contributed by atoms with E-state index in [1.807, 2.05) is 6.92 Å². The largest absolute Gasteiger partial charge is 0.494 e. The number of carbonyl (C=O) groups excluding carboxylic acids is 2. The lowest BCUT2D eigenvalue weighted by Crippen LogP contribution is -2.24. The van der Waals surface area contributed by atoms with Crippen LogP contribution in [0.5, 0.6) is 17.2 Å². The molecule has 31 heavy (non-hydrogen) atoms. The summed E-state index contributed by atoms with van der Waals surface area (Å²) < 4.78 is 16.7. The summed E-state index contributed by atoms with van der Waals surface area (Å²) in [6.07, 6.45) is 6.25. The van der Waals surface area contributed by atoms with E-state index in [1.54, 1.807) is 36.4 Å². The van der Waals surface area contributed by atoms with Crippen LogP contribution in [0.2, 0.25) is 0 Å². The van der Waals surface area contributed by atoms with Crippen LogP contribution in [-0.4, -0.2) is 38.4 Å². The van der Waals surface area contributed by atoms with Crippen molar-refractivity contribution >= 4 is 39.6 Å². The van der Waals surface area contributed by atoms with E-state index in [-0.39, 0.29) is 13.0 Å². The van der Waals surface area contributed by atoms with E-state index in [4.69, 9.17) is 20.6 Å². The predicted octanol–water partition coefficient (Wildman–Crippen LogP) is 3.35. The number of nitrogens with one attached hydrogen (secondary N) is 2. The average Bonchev–Trinajstić information content (AvgIpc) is 2.74. The van der Waals surface area contributed by atoms with Gasteiger partial charge in [-0.1, -0.05) is 5.92 Å². The standard InChI is InChI=1S/C22H22BrN3O5/c1-4-10-31-22-18(23)11-15(12-19(22)29-3)14-24-26-21(28)13-20(27)25-16-6-8-17(9-7-16)30-5-2/h1,6-9,11-12,14H,5,10,13H2,2-3H3,(H,25,27)(H,26,28). The lowest BCUT2D eigenvalue weighted by molar-refractivity contribution is -0.126. The van der Waals surface area contributed by atoms with Crippen LogP contribution in [0.1, 0.15) is 18.9 Å². The van der Waals surface area contributed by atoms with Crippen molar-refractivity contribution in [2.45, 2.75) is 13.3 Å². The van der Waals surface area contributed by atoms with Crippen molar-refractivity contribution in [1.29, 1.82) is 0 Å². The smallest absolute Gasteiger partial charge is 0.249 e. The van der Waals surface area contributed by atoms with Gasteiger partial charge in [-0.25, -0.2) is 5.43 Å². The van der Waals surface area contributed by atoms with Crippen LogP contribution >= 0.6 is 15.9 Å². The highest BCUT2D eigenvalue weighted by molar-refractivity contribution is 9.10. The highest BCUT2D eigenvalue weighted by atomic mass is 79.9. The number of terminal acetylenes is 1. The fourth-order valence-corrected chi connectivity index (χ4v) is 3.01. The second-order valence-corrected chi connectivity index (χ2v) is 6.86. The Labute approximate surface area is 189 Å². The Morgan fingerprint density at radius 2 is 1.94 bits per heavy atom. The first kappa shape index (κ1) is 23.8. The molecule has 0 spiro atoms. The van der Waals surface area contributed by atoms with Crippen LogP contribution in [0.15, 0.2) is 46.0 Å². The highest BCUT2D eigenvalue weighted by Crippen LogP contribution is 2.36. The molecule has 162 valence electrons. The molecule has 0 fully saturated rings. The van der Waals surface area contributed by atoms with E-state index in [0.29, 0.717) is 39.6 Å². The maximum Gasteiger partial charge on any atom is 0.249 e. The summed E-state index contributed by atoms with van der Waals surface area (Å²) in [7, 11) is 1.50. The van der Waals surface area contributed by atoms with E-state index in [0.717, 1.165) is 0 Å². The summed E-state index contributed by atoms with van der Waals surface area (Å²) in [5.74, 6) is 2.98. The quantitative estimate of drug-likeness (QED) is 0.231. The highest BCUT2D eigenvalue weighted by Gasteiger charge is 2.12. The number of hydrazone groups is 1. The van der Waals surface area contributed by atoms with Crippen molar-refractivity contribution in [2.75, 3.05) is 25.6 Å². The first-order chi connectivity index (χ1) is 15.0. The van der Waals surface area contributed by atoms with Crippen molar-refractivity contribution in [3.8, 4) is 29.6 Å². The molecule has 0 aliphatic carbocycles. The molecule has 8 nitrogen and oxygen atoms in total. The fraction of sp³-hybridized carbons (Fsp3) is 0.227. The van der Waals surface area contributed by atoms with Crippen molar-refractivity contribution in [2.24, 2.45) is 5.10 Å². The van der Waals surface area contributed by atoms with Crippen LogP contribution in [-0.2, 0) is 9.59 Å². The number of anilines is 1. The zero-order valence-electron chi connectivity index (χ0n) is 17.1. The van der Waals surface area contributed by atoms with Crippen LogP contribution < -0.4 is 25.0 Å². The van der Waals surface area contributed by atoms with Crippen molar-refractivity contribution in [1.82, 2.24) is 5.43 Å². The summed E-state index contributed by atoms with van der Waals surface area (Å²) in [6.45, 7) is 2.54. The average molecular weight is 488 g/mol. The van der Waals surface area contributed by atoms with E-state index in [1.165, 1.54) is 13.3 Å². The van der Waals surface area contributed by atoms with Gasteiger partial charge in [-0.3, -0.25) is 9.59 Å². The minimum absolute atomic E-state index is 0.0944. The molecule has 0 saturated heterocycles. The third-order valence-electron chi connectivity index (χ3n) is 3.72. The van der Waals surface area contributed by atoms with E-state index < -0.39 is 11.8 Å². The molecule has 2 amide bonds. The minimum atomic E-state index is -0.556. The van der Waals surface area contributed by atoms with Gasteiger partial charge in [0.05, 0.1) is 24.4 Å². The third-order valence-corrected chi connectivity index (χ3v) is 4.31. The first-order valence-corrected chi connectivity index (χ1v) is 10.0. The molecule has 0 saturated carbocycles. The van der Waals surface area contributed by atoms with Crippen LogP contribution in [0.25, 0.3) is 0 Å². The number of amides is 2. The Hall–Kier alpha value is -3.51. The Kier molecular flexibility index (Phi) is 9.39. The molecule has 0 aliphatic rings. The zero-order valence-corrected chi connectivity index (χ0v) is 18.7. The van der Waals surface area contributed by atoms with E-state index in [2.05, 4.69) is 37.7 Å². The number of hydrogen-bond acceptors (Lipinski definition) is 6. The van der Waals surface area contributed by atoms with E-state index >= 15 is 0 Å². The molecule has 0 unspecified atom stereocenters. The number of ether oxygens (including phenoxy) is 3. The van der Waals surface area contributed by atoms with Crippen molar-refractivity contribution in [3.63, 3.8) is 0 Å². The summed E-state index contributed by atoms with van der Waals surface area (Å²) in [6, 6.07) is 10.3. The zero-order chi connectivity index (χ0) is 22.6. The SMILES string of the molecule is C#CCOc1c(Br)cc(C=NNC(=O)CC(=O)Nc2ccc(OCC)cc2)cc1OC.